The van der Waals surface area contributed by atoms with E-state index in [4.69, 9.17) is 14.2 Å². The Morgan fingerprint density at radius 2 is 1.17 bits per heavy atom. The first-order valence-corrected chi connectivity index (χ1v) is 11.2. The van der Waals surface area contributed by atoms with Crippen LogP contribution in [0.4, 0.5) is 0 Å². The number of benzene rings is 2. The van der Waals surface area contributed by atoms with Crippen molar-refractivity contribution in [3.8, 4) is 22.9 Å². The third-order valence-electron chi connectivity index (χ3n) is 5.38. The highest BCUT2D eigenvalue weighted by Crippen LogP contribution is 2.27. The quantitative estimate of drug-likeness (QED) is 0.338. The van der Waals surface area contributed by atoms with E-state index in [-0.39, 0.29) is 24.6 Å². The van der Waals surface area contributed by atoms with Crippen LogP contribution in [0.5, 0.6) is 11.5 Å². The van der Waals surface area contributed by atoms with Crippen LogP contribution < -0.4 is 4.74 Å². The predicted molar refractivity (Wildman–Crippen MR) is 129 cm³/mol. The molecule has 0 bridgehead atoms. The number of ether oxygens (including phenoxy) is 3. The molecule has 0 aliphatic carbocycles. The highest BCUT2D eigenvalue weighted by molar-refractivity contribution is 5.89. The molecule has 0 aliphatic rings. The van der Waals surface area contributed by atoms with E-state index >= 15 is 0 Å². The Kier molecular flexibility index (Phi) is 6.96. The molecule has 0 saturated carbocycles. The monoisotopic (exact) mass is 474 g/mol. The highest BCUT2D eigenvalue weighted by atomic mass is 16.5. The summed E-state index contributed by atoms with van der Waals surface area (Å²) in [6, 6.07) is 14.9. The van der Waals surface area contributed by atoms with Gasteiger partial charge in [0.05, 0.1) is 36.0 Å². The van der Waals surface area contributed by atoms with Gasteiger partial charge < -0.3 is 23.3 Å². The Morgan fingerprint density at radius 1 is 0.743 bits per heavy atom. The average molecular weight is 475 g/mol. The predicted octanol–water partition coefficient (Wildman–Crippen LogP) is 4.82. The van der Waals surface area contributed by atoms with Crippen LogP contribution in [0.25, 0.3) is 11.4 Å². The van der Waals surface area contributed by atoms with Crippen molar-refractivity contribution in [3.63, 3.8) is 0 Å². The van der Waals surface area contributed by atoms with Gasteiger partial charge in [0.2, 0.25) is 0 Å². The molecule has 9 heteroatoms. The lowest BCUT2D eigenvalue weighted by Gasteiger charge is -2.12. The van der Waals surface area contributed by atoms with Crippen molar-refractivity contribution in [2.24, 2.45) is 0 Å². The number of carbonyl (C=O) groups is 2. The number of aromatic nitrogens is 4. The molecule has 0 amide bonds. The third kappa shape index (κ3) is 4.93. The summed E-state index contributed by atoms with van der Waals surface area (Å²) in [5.74, 6) is 0.322. The van der Waals surface area contributed by atoms with Gasteiger partial charge in [0.15, 0.2) is 11.4 Å². The lowest BCUT2D eigenvalue weighted by Crippen LogP contribution is -2.07. The number of esters is 2. The van der Waals surface area contributed by atoms with E-state index < -0.39 is 11.9 Å². The molecular weight excluding hydrogens is 448 g/mol. The molecule has 0 atom stereocenters. The van der Waals surface area contributed by atoms with Crippen molar-refractivity contribution in [2.75, 3.05) is 13.2 Å². The van der Waals surface area contributed by atoms with Crippen molar-refractivity contribution in [1.29, 1.82) is 0 Å². The fraction of sp³-hybridized carbons (Fsp3) is 0.231. The van der Waals surface area contributed by atoms with Crippen LogP contribution in [0.2, 0.25) is 0 Å². The first-order valence-electron chi connectivity index (χ1n) is 11.2. The van der Waals surface area contributed by atoms with Gasteiger partial charge in [-0.2, -0.15) is 0 Å². The SMILES string of the molecule is CCOC(=O)c1ncn(-c2cccc(Oc3cccc(-n4cnc(C(=O)OCC)c4C)c3)c2)c1C. The maximum Gasteiger partial charge on any atom is 0.358 e. The first-order chi connectivity index (χ1) is 16.9. The van der Waals surface area contributed by atoms with Crippen molar-refractivity contribution < 1.29 is 23.8 Å². The molecule has 2 heterocycles. The fourth-order valence-corrected chi connectivity index (χ4v) is 3.67. The van der Waals surface area contributed by atoms with Crippen molar-refractivity contribution >= 4 is 11.9 Å². The molecule has 0 N–H and O–H groups in total. The molecule has 4 aromatic rings. The second-order valence-electron chi connectivity index (χ2n) is 7.63. The summed E-state index contributed by atoms with van der Waals surface area (Å²) in [5, 5.41) is 0. The summed E-state index contributed by atoms with van der Waals surface area (Å²) in [5.41, 5.74) is 3.51. The lowest BCUT2D eigenvalue weighted by atomic mass is 10.2. The minimum absolute atomic E-state index is 0.281. The Bertz CT molecular complexity index is 1270. The minimum Gasteiger partial charge on any atom is -0.461 e. The minimum atomic E-state index is -0.450. The highest BCUT2D eigenvalue weighted by Gasteiger charge is 2.18. The van der Waals surface area contributed by atoms with Gasteiger partial charge in [-0.25, -0.2) is 19.6 Å². The molecule has 0 spiro atoms. The molecule has 0 fully saturated rings. The summed E-state index contributed by atoms with van der Waals surface area (Å²) < 4.78 is 19.9. The van der Waals surface area contributed by atoms with E-state index in [0.29, 0.717) is 22.9 Å². The summed E-state index contributed by atoms with van der Waals surface area (Å²) in [6.45, 7) is 7.72. The van der Waals surface area contributed by atoms with Crippen molar-refractivity contribution in [3.05, 3.63) is 84.0 Å². The number of nitrogens with zero attached hydrogens (tertiary/aromatic N) is 4. The average Bonchev–Trinajstić information content (AvgIpc) is 3.42. The topological polar surface area (TPSA) is 97.5 Å². The van der Waals surface area contributed by atoms with Gasteiger partial charge in [0.25, 0.3) is 0 Å². The van der Waals surface area contributed by atoms with Crippen LogP contribution in [-0.2, 0) is 9.47 Å². The van der Waals surface area contributed by atoms with Crippen LogP contribution in [0, 0.1) is 13.8 Å². The Balaban J connectivity index is 1.57. The van der Waals surface area contributed by atoms with E-state index in [1.165, 1.54) is 0 Å². The second kappa shape index (κ2) is 10.3. The van der Waals surface area contributed by atoms with E-state index in [2.05, 4.69) is 9.97 Å². The van der Waals surface area contributed by atoms with E-state index in [1.54, 1.807) is 35.6 Å². The molecule has 0 radical (unpaired) electrons. The second-order valence-corrected chi connectivity index (χ2v) is 7.63. The molecule has 35 heavy (non-hydrogen) atoms. The Morgan fingerprint density at radius 3 is 1.57 bits per heavy atom. The molecule has 2 aromatic heterocycles. The number of hydrogen-bond donors (Lipinski definition) is 0. The molecule has 180 valence electrons. The van der Waals surface area contributed by atoms with Gasteiger partial charge in [0, 0.05) is 12.1 Å². The van der Waals surface area contributed by atoms with Crippen LogP contribution in [0.3, 0.4) is 0 Å². The molecule has 0 saturated heterocycles. The van der Waals surface area contributed by atoms with Crippen LogP contribution in [0.15, 0.2) is 61.2 Å². The van der Waals surface area contributed by atoms with E-state index in [0.717, 1.165) is 11.4 Å². The van der Waals surface area contributed by atoms with Gasteiger partial charge in [-0.1, -0.05) is 12.1 Å². The standard InChI is InChI=1S/C26H26N4O5/c1-5-33-25(31)23-17(3)29(15-27-23)19-9-7-11-21(13-19)35-22-12-8-10-20(14-22)30-16-28-24(18(30)4)26(32)34-6-2/h7-16H,5-6H2,1-4H3. The normalized spacial score (nSPS) is 10.7. The molecule has 4 rings (SSSR count). The number of carbonyl (C=O) groups excluding carboxylic acids is 2. The molecule has 0 aliphatic heterocycles. The maximum absolute atomic E-state index is 12.1. The summed E-state index contributed by atoms with van der Waals surface area (Å²) in [6.07, 6.45) is 3.18. The van der Waals surface area contributed by atoms with Gasteiger partial charge in [0.1, 0.15) is 24.2 Å². The summed E-state index contributed by atoms with van der Waals surface area (Å²) >= 11 is 0. The van der Waals surface area contributed by atoms with Crippen LogP contribution in [-0.4, -0.2) is 44.3 Å². The molecule has 9 nitrogen and oxygen atoms in total. The lowest BCUT2D eigenvalue weighted by molar-refractivity contribution is 0.0509. The largest absolute Gasteiger partial charge is 0.461 e. The molecular formula is C26H26N4O5. The zero-order chi connectivity index (χ0) is 24.9. The number of imidazole rings is 2. The first kappa shape index (κ1) is 23.7. The van der Waals surface area contributed by atoms with Gasteiger partial charge in [-0.3, -0.25) is 0 Å². The number of rotatable bonds is 8. The third-order valence-corrected chi connectivity index (χ3v) is 5.38. The molecule has 2 aromatic carbocycles. The number of hydrogen-bond acceptors (Lipinski definition) is 7. The zero-order valence-corrected chi connectivity index (χ0v) is 20.0. The van der Waals surface area contributed by atoms with Gasteiger partial charge in [-0.15, -0.1) is 0 Å². The van der Waals surface area contributed by atoms with Crippen molar-refractivity contribution in [2.45, 2.75) is 27.7 Å². The van der Waals surface area contributed by atoms with Gasteiger partial charge >= 0.3 is 11.9 Å². The summed E-state index contributed by atoms with van der Waals surface area (Å²) in [7, 11) is 0. The fourth-order valence-electron chi connectivity index (χ4n) is 3.67. The van der Waals surface area contributed by atoms with Gasteiger partial charge in [-0.05, 0) is 52.0 Å². The van der Waals surface area contributed by atoms with E-state index in [1.807, 2.05) is 62.4 Å². The van der Waals surface area contributed by atoms with Crippen LogP contribution >= 0.6 is 0 Å². The zero-order valence-electron chi connectivity index (χ0n) is 20.0. The Hall–Kier alpha value is -4.40. The molecule has 0 unspecified atom stereocenters. The Labute approximate surface area is 202 Å². The maximum atomic E-state index is 12.1. The van der Waals surface area contributed by atoms with Crippen LogP contribution in [0.1, 0.15) is 46.2 Å². The smallest absolute Gasteiger partial charge is 0.358 e. The van der Waals surface area contributed by atoms with E-state index in [9.17, 15) is 9.59 Å². The van der Waals surface area contributed by atoms with Crippen molar-refractivity contribution in [1.82, 2.24) is 19.1 Å². The summed E-state index contributed by atoms with van der Waals surface area (Å²) in [4.78, 5) is 32.6.